The number of anilines is 1. The standard InChI is InChI=1S/C27H39N7O4/c1-8-11-16-33-21-22(31(7)26(37)34(23(21)35)18-19(13-9-2)28-10-3)30-24(33)32-15-12-14-20(17-32)29-25(36)38-27(4,5)6/h9,20H,2,10,12-18H2,1,3-7H3,(H,29,36). The first-order chi connectivity index (χ1) is 18.0. The van der Waals surface area contributed by atoms with Gasteiger partial charge in [-0.05, 0) is 47.5 Å². The molecule has 2 aromatic heterocycles. The second-order valence-corrected chi connectivity index (χ2v) is 10.3. The summed E-state index contributed by atoms with van der Waals surface area (Å²) in [6.07, 6.45) is 3.32. The van der Waals surface area contributed by atoms with Gasteiger partial charge in [0.05, 0.1) is 13.1 Å². The average molecular weight is 526 g/mol. The van der Waals surface area contributed by atoms with E-state index >= 15 is 0 Å². The number of carbonyl (C=O) groups excluding carboxylic acids is 1. The minimum Gasteiger partial charge on any atom is -0.444 e. The summed E-state index contributed by atoms with van der Waals surface area (Å²) in [5, 5.41) is 2.95. The fourth-order valence-electron chi connectivity index (χ4n) is 4.55. The number of nitrogens with zero attached hydrogens (tertiary/aromatic N) is 6. The molecule has 1 saturated heterocycles. The molecule has 0 radical (unpaired) electrons. The Hall–Kier alpha value is -3.81. The molecule has 1 atom stereocenters. The third-order valence-corrected chi connectivity index (χ3v) is 6.15. The van der Waals surface area contributed by atoms with Crippen molar-refractivity contribution in [2.24, 2.45) is 12.0 Å². The first kappa shape index (κ1) is 28.8. The molecule has 0 saturated carbocycles. The molecule has 1 fully saturated rings. The number of amides is 1. The molecule has 1 unspecified atom stereocenters. The van der Waals surface area contributed by atoms with E-state index in [1.807, 2.05) is 32.6 Å². The molecule has 1 aliphatic heterocycles. The molecule has 38 heavy (non-hydrogen) atoms. The highest BCUT2D eigenvalue weighted by Crippen LogP contribution is 2.23. The summed E-state index contributed by atoms with van der Waals surface area (Å²) in [6, 6.07) is -0.156. The Kier molecular flexibility index (Phi) is 9.20. The van der Waals surface area contributed by atoms with E-state index in [2.05, 4.69) is 28.7 Å². The number of hydrogen-bond acceptors (Lipinski definition) is 7. The maximum atomic E-state index is 13.7. The quantitative estimate of drug-likeness (QED) is 0.322. The van der Waals surface area contributed by atoms with Crippen molar-refractivity contribution in [3.63, 3.8) is 0 Å². The lowest BCUT2D eigenvalue weighted by molar-refractivity contribution is 0.0499. The van der Waals surface area contributed by atoms with Gasteiger partial charge in [-0.1, -0.05) is 12.0 Å². The smallest absolute Gasteiger partial charge is 0.407 e. The van der Waals surface area contributed by atoms with Crippen LogP contribution in [0.4, 0.5) is 10.7 Å². The highest BCUT2D eigenvalue weighted by molar-refractivity contribution is 5.86. The van der Waals surface area contributed by atoms with Gasteiger partial charge in [-0.3, -0.25) is 23.5 Å². The number of piperidine rings is 1. The second-order valence-electron chi connectivity index (χ2n) is 10.3. The molecule has 3 rings (SSSR count). The maximum Gasteiger partial charge on any atom is 0.407 e. The predicted octanol–water partition coefficient (Wildman–Crippen LogP) is 2.45. The number of hydrogen-bond donors (Lipinski definition) is 1. The minimum atomic E-state index is -0.594. The number of aliphatic imine (C=N–C) groups is 1. The molecule has 11 heteroatoms. The van der Waals surface area contributed by atoms with Gasteiger partial charge in [-0.25, -0.2) is 9.59 Å². The summed E-state index contributed by atoms with van der Waals surface area (Å²) in [6.45, 7) is 14.9. The van der Waals surface area contributed by atoms with Crippen LogP contribution in [0.5, 0.6) is 0 Å². The molecular formula is C27H39N7O4. The minimum absolute atomic E-state index is 0.0763. The van der Waals surface area contributed by atoms with Gasteiger partial charge in [0, 0.05) is 44.9 Å². The fraction of sp³-hybridized carbons (Fsp3) is 0.593. The SMILES string of the molecule is C=CCC(Cn1c(=O)c2c(nc(N3CCCC(NC(=O)OC(C)(C)C)C3)n2CC#CC)n(C)c1=O)=NCC. The van der Waals surface area contributed by atoms with Crippen molar-refractivity contribution < 1.29 is 9.53 Å². The zero-order chi connectivity index (χ0) is 28.0. The van der Waals surface area contributed by atoms with Crippen molar-refractivity contribution in [1.29, 1.82) is 0 Å². The van der Waals surface area contributed by atoms with E-state index in [1.54, 1.807) is 24.6 Å². The lowest BCUT2D eigenvalue weighted by atomic mass is 10.1. The van der Waals surface area contributed by atoms with E-state index in [4.69, 9.17) is 9.72 Å². The monoisotopic (exact) mass is 525 g/mol. The van der Waals surface area contributed by atoms with Crippen LogP contribution < -0.4 is 21.5 Å². The van der Waals surface area contributed by atoms with Crippen LogP contribution >= 0.6 is 0 Å². The second kappa shape index (κ2) is 12.2. The zero-order valence-electron chi connectivity index (χ0n) is 23.3. The van der Waals surface area contributed by atoms with Crippen LogP contribution in [0.1, 0.15) is 53.9 Å². The number of nitrogens with one attached hydrogen (secondary N) is 1. The van der Waals surface area contributed by atoms with E-state index in [-0.39, 0.29) is 19.1 Å². The molecule has 0 spiro atoms. The number of rotatable bonds is 8. The summed E-state index contributed by atoms with van der Waals surface area (Å²) in [4.78, 5) is 50.6. The van der Waals surface area contributed by atoms with Crippen molar-refractivity contribution in [1.82, 2.24) is 24.0 Å². The maximum absolute atomic E-state index is 13.7. The predicted molar refractivity (Wildman–Crippen MR) is 150 cm³/mol. The summed E-state index contributed by atoms with van der Waals surface area (Å²) in [5.74, 6) is 6.46. The first-order valence-electron chi connectivity index (χ1n) is 13.0. The Bertz CT molecular complexity index is 1400. The molecule has 0 aliphatic carbocycles. The van der Waals surface area contributed by atoms with Crippen LogP contribution in [0.2, 0.25) is 0 Å². The molecule has 1 aliphatic rings. The molecule has 2 aromatic rings. The fourth-order valence-corrected chi connectivity index (χ4v) is 4.55. The largest absolute Gasteiger partial charge is 0.444 e. The van der Waals surface area contributed by atoms with Gasteiger partial charge in [0.2, 0.25) is 5.95 Å². The normalized spacial score (nSPS) is 16.2. The molecule has 11 nitrogen and oxygen atoms in total. The molecular weight excluding hydrogens is 486 g/mol. The number of alkyl carbamates (subject to hydrolysis) is 1. The Morgan fingerprint density at radius 1 is 1.32 bits per heavy atom. The number of carbonyl (C=O) groups is 1. The van der Waals surface area contributed by atoms with Gasteiger partial charge in [0.1, 0.15) is 5.60 Å². The van der Waals surface area contributed by atoms with E-state index < -0.39 is 22.9 Å². The van der Waals surface area contributed by atoms with Crippen molar-refractivity contribution >= 4 is 28.9 Å². The number of ether oxygens (including phenoxy) is 1. The lowest BCUT2D eigenvalue weighted by Gasteiger charge is -2.34. The van der Waals surface area contributed by atoms with Gasteiger partial charge in [0.25, 0.3) is 5.56 Å². The summed E-state index contributed by atoms with van der Waals surface area (Å²) >= 11 is 0. The van der Waals surface area contributed by atoms with Gasteiger partial charge in [0.15, 0.2) is 11.2 Å². The number of aryl methyl sites for hydroxylation is 1. The number of fused-ring (bicyclic) bond motifs is 1. The van der Waals surface area contributed by atoms with Crippen molar-refractivity contribution in [3.8, 4) is 11.8 Å². The van der Waals surface area contributed by atoms with Crippen LogP contribution in [-0.4, -0.2) is 61.8 Å². The highest BCUT2D eigenvalue weighted by atomic mass is 16.6. The molecule has 0 bridgehead atoms. The van der Waals surface area contributed by atoms with Gasteiger partial charge in [-0.2, -0.15) is 4.98 Å². The summed E-state index contributed by atoms with van der Waals surface area (Å²) in [5.41, 5.74) is -0.189. The van der Waals surface area contributed by atoms with Crippen LogP contribution in [0.15, 0.2) is 27.2 Å². The van der Waals surface area contributed by atoms with Crippen molar-refractivity contribution in [2.75, 3.05) is 24.5 Å². The number of allylic oxidation sites excluding steroid dienone is 1. The molecule has 0 aromatic carbocycles. The van der Waals surface area contributed by atoms with E-state index in [0.29, 0.717) is 48.9 Å². The highest BCUT2D eigenvalue weighted by Gasteiger charge is 2.29. The molecule has 1 N–H and O–H groups in total. The molecule has 1 amide bonds. The van der Waals surface area contributed by atoms with Crippen molar-refractivity contribution in [3.05, 3.63) is 33.5 Å². The van der Waals surface area contributed by atoms with Crippen molar-refractivity contribution in [2.45, 2.75) is 78.6 Å². The van der Waals surface area contributed by atoms with Crippen LogP contribution in [0, 0.1) is 11.8 Å². The van der Waals surface area contributed by atoms with Gasteiger partial charge < -0.3 is 15.0 Å². The Morgan fingerprint density at radius 2 is 2.05 bits per heavy atom. The van der Waals surface area contributed by atoms with Gasteiger partial charge >= 0.3 is 11.8 Å². The van der Waals surface area contributed by atoms with Crippen LogP contribution in [0.3, 0.4) is 0 Å². The number of imidazole rings is 1. The molecule has 206 valence electrons. The van der Waals surface area contributed by atoms with E-state index in [1.165, 1.54) is 9.13 Å². The lowest BCUT2D eigenvalue weighted by Crippen LogP contribution is -2.49. The van der Waals surface area contributed by atoms with Crippen LogP contribution in [-0.2, 0) is 24.9 Å². The van der Waals surface area contributed by atoms with E-state index in [0.717, 1.165) is 12.8 Å². The van der Waals surface area contributed by atoms with Crippen LogP contribution in [0.25, 0.3) is 11.2 Å². The average Bonchev–Trinajstić information content (AvgIpc) is 3.23. The molecule has 3 heterocycles. The zero-order valence-corrected chi connectivity index (χ0v) is 23.3. The third-order valence-electron chi connectivity index (χ3n) is 6.15. The summed E-state index contributed by atoms with van der Waals surface area (Å²) < 4.78 is 9.79. The number of aromatic nitrogens is 4. The summed E-state index contributed by atoms with van der Waals surface area (Å²) in [7, 11) is 1.61. The Morgan fingerprint density at radius 3 is 2.68 bits per heavy atom. The Balaban J connectivity index is 2.07. The van der Waals surface area contributed by atoms with Gasteiger partial charge in [-0.15, -0.1) is 12.5 Å². The topological polar surface area (TPSA) is 116 Å². The Labute approximate surface area is 223 Å². The first-order valence-corrected chi connectivity index (χ1v) is 13.0. The van der Waals surface area contributed by atoms with E-state index in [9.17, 15) is 14.4 Å². The third kappa shape index (κ3) is 6.54.